The molecule has 6 heteroatoms. The van der Waals surface area contributed by atoms with Crippen molar-refractivity contribution in [3.8, 4) is 0 Å². The molecule has 2 rings (SSSR count). The first-order chi connectivity index (χ1) is 9.77. The second kappa shape index (κ2) is 7.93. The third kappa shape index (κ3) is 3.69. The van der Waals surface area contributed by atoms with Crippen LogP contribution >= 0.6 is 27.3 Å². The van der Waals surface area contributed by atoms with Gasteiger partial charge in [-0.15, -0.1) is 0 Å². The van der Waals surface area contributed by atoms with Crippen LogP contribution in [0.1, 0.15) is 30.6 Å². The fourth-order valence-electron chi connectivity index (χ4n) is 2.12. The van der Waals surface area contributed by atoms with Gasteiger partial charge in [-0.2, -0.15) is 16.4 Å². The first kappa shape index (κ1) is 15.7. The van der Waals surface area contributed by atoms with Gasteiger partial charge in [-0.1, -0.05) is 6.92 Å². The molecule has 0 aliphatic rings. The lowest BCUT2D eigenvalue weighted by atomic mass is 10.1. The van der Waals surface area contributed by atoms with Crippen LogP contribution in [0.5, 0.6) is 0 Å². The van der Waals surface area contributed by atoms with Crippen molar-refractivity contribution in [2.45, 2.75) is 25.9 Å². The first-order valence-electron chi connectivity index (χ1n) is 6.73. The molecule has 20 heavy (non-hydrogen) atoms. The summed E-state index contributed by atoms with van der Waals surface area (Å²) >= 11 is 5.34. The van der Waals surface area contributed by atoms with E-state index in [1.165, 1.54) is 5.56 Å². The van der Waals surface area contributed by atoms with E-state index in [1.807, 2.05) is 10.9 Å². The number of thiophene rings is 1. The van der Waals surface area contributed by atoms with E-state index in [-0.39, 0.29) is 6.04 Å². The van der Waals surface area contributed by atoms with Crippen LogP contribution in [-0.2, 0) is 11.3 Å². The Kier molecular flexibility index (Phi) is 6.22. The smallest absolute Gasteiger partial charge is 0.0767 e. The molecule has 110 valence electrons. The highest BCUT2D eigenvalue weighted by atomic mass is 79.9. The van der Waals surface area contributed by atoms with Crippen molar-refractivity contribution in [3.05, 3.63) is 38.8 Å². The lowest BCUT2D eigenvalue weighted by Gasteiger charge is -2.20. The summed E-state index contributed by atoms with van der Waals surface area (Å²) in [5.41, 5.74) is 2.44. The number of nitrogens with zero attached hydrogens (tertiary/aromatic N) is 2. The van der Waals surface area contributed by atoms with E-state index in [9.17, 15) is 0 Å². The first-order valence-corrected chi connectivity index (χ1v) is 8.47. The fraction of sp³-hybridized carbons (Fsp3) is 0.500. The summed E-state index contributed by atoms with van der Waals surface area (Å²) in [6.07, 6.45) is 2.96. The molecule has 2 heterocycles. The molecule has 0 saturated carbocycles. The van der Waals surface area contributed by atoms with Crippen LogP contribution in [0.25, 0.3) is 0 Å². The van der Waals surface area contributed by atoms with Crippen molar-refractivity contribution in [3.63, 3.8) is 0 Å². The van der Waals surface area contributed by atoms with Gasteiger partial charge >= 0.3 is 0 Å². The van der Waals surface area contributed by atoms with E-state index in [0.29, 0.717) is 6.61 Å². The molecule has 1 atom stereocenters. The number of aromatic nitrogens is 2. The van der Waals surface area contributed by atoms with Gasteiger partial charge in [0.2, 0.25) is 0 Å². The Hall–Kier alpha value is -0.690. The van der Waals surface area contributed by atoms with Crippen molar-refractivity contribution >= 4 is 27.3 Å². The molecule has 2 aromatic heterocycles. The van der Waals surface area contributed by atoms with E-state index >= 15 is 0 Å². The Morgan fingerprint density at radius 3 is 3.05 bits per heavy atom. The van der Waals surface area contributed by atoms with Crippen LogP contribution in [-0.4, -0.2) is 30.0 Å². The predicted octanol–water partition coefficient (Wildman–Crippen LogP) is 3.44. The molecule has 0 bridgehead atoms. The van der Waals surface area contributed by atoms with E-state index in [2.05, 4.69) is 50.1 Å². The van der Waals surface area contributed by atoms with Crippen molar-refractivity contribution in [1.82, 2.24) is 15.1 Å². The number of nitrogens with one attached hydrogen (secondary N) is 1. The van der Waals surface area contributed by atoms with Crippen LogP contribution in [0, 0.1) is 0 Å². The molecule has 0 amide bonds. The molecule has 1 unspecified atom stereocenters. The summed E-state index contributed by atoms with van der Waals surface area (Å²) in [6.45, 7) is 4.56. The number of hydrogen-bond donors (Lipinski definition) is 1. The Balaban J connectivity index is 2.30. The molecule has 0 fully saturated rings. The number of methoxy groups -OCH3 is 1. The minimum Gasteiger partial charge on any atom is -0.383 e. The maximum absolute atomic E-state index is 5.17. The number of hydrogen-bond acceptors (Lipinski definition) is 4. The zero-order valence-corrected chi connectivity index (χ0v) is 14.2. The van der Waals surface area contributed by atoms with Crippen LogP contribution in [0.4, 0.5) is 0 Å². The molecule has 0 saturated heterocycles. The third-order valence-corrected chi connectivity index (χ3v) is 4.40. The zero-order chi connectivity index (χ0) is 14.4. The SMILES string of the molecule is CCCNC(c1ccsc1)c1c(Br)cnn1CCOC. The molecule has 0 aliphatic carbocycles. The Bertz CT molecular complexity index is 512. The lowest BCUT2D eigenvalue weighted by Crippen LogP contribution is -2.26. The van der Waals surface area contributed by atoms with E-state index in [1.54, 1.807) is 18.4 Å². The monoisotopic (exact) mass is 357 g/mol. The second-order valence-corrected chi connectivity index (χ2v) is 6.17. The largest absolute Gasteiger partial charge is 0.383 e. The minimum absolute atomic E-state index is 0.162. The van der Waals surface area contributed by atoms with Gasteiger partial charge in [0.15, 0.2) is 0 Å². The van der Waals surface area contributed by atoms with Gasteiger partial charge in [0, 0.05) is 7.11 Å². The number of ether oxygens (including phenoxy) is 1. The van der Waals surface area contributed by atoms with Crippen molar-refractivity contribution in [2.75, 3.05) is 20.3 Å². The molecule has 1 N–H and O–H groups in total. The number of halogens is 1. The second-order valence-electron chi connectivity index (χ2n) is 4.54. The summed E-state index contributed by atoms with van der Waals surface area (Å²) < 4.78 is 8.22. The van der Waals surface area contributed by atoms with Gasteiger partial charge in [-0.25, -0.2) is 0 Å². The van der Waals surface area contributed by atoms with Crippen LogP contribution in [0.15, 0.2) is 27.5 Å². The van der Waals surface area contributed by atoms with E-state index in [0.717, 1.165) is 29.7 Å². The van der Waals surface area contributed by atoms with Gasteiger partial charge in [0.1, 0.15) is 0 Å². The summed E-state index contributed by atoms with van der Waals surface area (Å²) in [7, 11) is 1.71. The van der Waals surface area contributed by atoms with E-state index in [4.69, 9.17) is 4.74 Å². The molecular formula is C14H20BrN3OS. The van der Waals surface area contributed by atoms with Gasteiger partial charge in [0.25, 0.3) is 0 Å². The topological polar surface area (TPSA) is 39.1 Å². The molecule has 0 radical (unpaired) electrons. The van der Waals surface area contributed by atoms with Crippen molar-refractivity contribution in [1.29, 1.82) is 0 Å². The van der Waals surface area contributed by atoms with Gasteiger partial charge in [-0.05, 0) is 51.3 Å². The van der Waals surface area contributed by atoms with Crippen LogP contribution in [0.2, 0.25) is 0 Å². The lowest BCUT2D eigenvalue weighted by molar-refractivity contribution is 0.182. The molecular weight excluding hydrogens is 338 g/mol. The normalized spacial score (nSPS) is 12.8. The highest BCUT2D eigenvalue weighted by molar-refractivity contribution is 9.10. The van der Waals surface area contributed by atoms with Gasteiger partial charge in [0.05, 0.1) is 35.6 Å². The van der Waals surface area contributed by atoms with Crippen LogP contribution < -0.4 is 5.32 Å². The molecule has 0 spiro atoms. The Morgan fingerprint density at radius 2 is 2.40 bits per heavy atom. The fourth-order valence-corrected chi connectivity index (χ4v) is 3.33. The maximum atomic E-state index is 5.17. The highest BCUT2D eigenvalue weighted by Gasteiger charge is 2.21. The molecule has 4 nitrogen and oxygen atoms in total. The average Bonchev–Trinajstić information content (AvgIpc) is 3.09. The third-order valence-electron chi connectivity index (χ3n) is 3.09. The maximum Gasteiger partial charge on any atom is 0.0767 e. The highest BCUT2D eigenvalue weighted by Crippen LogP contribution is 2.29. The van der Waals surface area contributed by atoms with Gasteiger partial charge in [-0.3, -0.25) is 4.68 Å². The minimum atomic E-state index is 0.162. The van der Waals surface area contributed by atoms with E-state index < -0.39 is 0 Å². The Morgan fingerprint density at radius 1 is 1.55 bits per heavy atom. The Labute approximate surface area is 132 Å². The standard InChI is InChI=1S/C14H20BrN3OS/c1-3-5-16-13(11-4-8-20-10-11)14-12(15)9-17-18(14)6-7-19-2/h4,8-10,13,16H,3,5-7H2,1-2H3. The van der Waals surface area contributed by atoms with Crippen molar-refractivity contribution < 1.29 is 4.74 Å². The summed E-state index contributed by atoms with van der Waals surface area (Å²) in [6, 6.07) is 2.33. The number of rotatable bonds is 8. The molecule has 2 aromatic rings. The molecule has 0 aliphatic heterocycles. The summed E-state index contributed by atoms with van der Waals surface area (Å²) in [5.74, 6) is 0. The van der Waals surface area contributed by atoms with Gasteiger partial charge < -0.3 is 10.1 Å². The average molecular weight is 358 g/mol. The quantitative estimate of drug-likeness (QED) is 0.786. The van der Waals surface area contributed by atoms with Crippen LogP contribution in [0.3, 0.4) is 0 Å². The summed E-state index contributed by atoms with van der Waals surface area (Å²) in [5, 5.41) is 12.4. The predicted molar refractivity (Wildman–Crippen MR) is 86.3 cm³/mol. The summed E-state index contributed by atoms with van der Waals surface area (Å²) in [4.78, 5) is 0. The molecule has 0 aromatic carbocycles. The zero-order valence-electron chi connectivity index (χ0n) is 11.8. The van der Waals surface area contributed by atoms with Crippen molar-refractivity contribution in [2.24, 2.45) is 0 Å².